The third kappa shape index (κ3) is 5.35. The maximum absolute atomic E-state index is 7.00. The first-order valence-corrected chi connectivity index (χ1v) is 18.2. The summed E-state index contributed by atoms with van der Waals surface area (Å²) in [4.78, 5) is 0. The highest BCUT2D eigenvalue weighted by Crippen LogP contribution is 2.59. The summed E-state index contributed by atoms with van der Waals surface area (Å²) >= 11 is 0. The Balaban J connectivity index is 2.03. The van der Waals surface area contributed by atoms with Crippen LogP contribution in [0.4, 0.5) is 0 Å². The lowest BCUT2D eigenvalue weighted by Gasteiger charge is -2.49. The molecule has 2 fully saturated rings. The molecular weight excluding hydrogens is 400 g/mol. The van der Waals surface area contributed by atoms with Crippen LogP contribution in [0.1, 0.15) is 87.0 Å². The molecule has 30 heavy (non-hydrogen) atoms. The van der Waals surface area contributed by atoms with E-state index < -0.39 is 16.6 Å². The minimum absolute atomic E-state index is 0.274. The van der Waals surface area contributed by atoms with E-state index in [0.717, 1.165) is 13.0 Å². The summed E-state index contributed by atoms with van der Waals surface area (Å²) in [6.07, 6.45) is 7.96. The van der Waals surface area contributed by atoms with Gasteiger partial charge in [0.15, 0.2) is 16.6 Å². The molecule has 0 N–H and O–H groups in total. The standard InChI is InChI=1S/C26H52O2Si2/c1-20(17-19-27-29(9,10)24(2,3)4)21-15-16-22-23(14-13-18-26(21,22)8)28-30(11,12)25(5,6)7/h21-23H,1,13-19H2,2-12H3/t21-,22+,23+,26-/m1/s1. The predicted molar refractivity (Wildman–Crippen MR) is 137 cm³/mol. The average Bonchev–Trinajstić information content (AvgIpc) is 2.90. The third-order valence-corrected chi connectivity index (χ3v) is 18.5. The molecule has 2 aliphatic carbocycles. The molecule has 2 rings (SSSR count). The van der Waals surface area contributed by atoms with Gasteiger partial charge in [-0.05, 0) is 85.6 Å². The Morgan fingerprint density at radius 3 is 2.03 bits per heavy atom. The van der Waals surface area contributed by atoms with E-state index in [2.05, 4.69) is 81.2 Å². The number of hydrogen-bond donors (Lipinski definition) is 0. The molecule has 0 bridgehead atoms. The molecule has 0 amide bonds. The molecule has 0 radical (unpaired) electrons. The maximum Gasteiger partial charge on any atom is 0.192 e. The summed E-state index contributed by atoms with van der Waals surface area (Å²) in [5.41, 5.74) is 1.80. The van der Waals surface area contributed by atoms with Crippen LogP contribution in [-0.2, 0) is 8.85 Å². The summed E-state index contributed by atoms with van der Waals surface area (Å²) in [6.45, 7) is 31.6. The van der Waals surface area contributed by atoms with Gasteiger partial charge < -0.3 is 8.85 Å². The van der Waals surface area contributed by atoms with E-state index in [1.165, 1.54) is 37.7 Å². The topological polar surface area (TPSA) is 18.5 Å². The number of fused-ring (bicyclic) bond motifs is 1. The fourth-order valence-corrected chi connectivity index (χ4v) is 7.75. The van der Waals surface area contributed by atoms with Crippen LogP contribution in [-0.4, -0.2) is 29.3 Å². The summed E-state index contributed by atoms with van der Waals surface area (Å²) in [5.74, 6) is 1.33. The molecule has 0 unspecified atom stereocenters. The van der Waals surface area contributed by atoms with Crippen molar-refractivity contribution >= 4 is 16.6 Å². The molecule has 176 valence electrons. The molecule has 0 aromatic rings. The lowest BCUT2D eigenvalue weighted by atomic mass is 9.63. The van der Waals surface area contributed by atoms with Crippen LogP contribution in [0.5, 0.6) is 0 Å². The van der Waals surface area contributed by atoms with Gasteiger partial charge in [0.05, 0.1) is 0 Å². The molecule has 0 aromatic carbocycles. The van der Waals surface area contributed by atoms with Gasteiger partial charge in [0, 0.05) is 12.7 Å². The van der Waals surface area contributed by atoms with Crippen LogP contribution in [0.15, 0.2) is 12.2 Å². The quantitative estimate of drug-likeness (QED) is 0.284. The molecule has 4 heteroatoms. The highest BCUT2D eigenvalue weighted by molar-refractivity contribution is 6.74. The fourth-order valence-electron chi connectivity index (χ4n) is 5.31. The Hall–Kier alpha value is 0.0938. The van der Waals surface area contributed by atoms with Crippen LogP contribution in [0, 0.1) is 17.3 Å². The van der Waals surface area contributed by atoms with Gasteiger partial charge in [0.25, 0.3) is 0 Å². The van der Waals surface area contributed by atoms with Gasteiger partial charge in [-0.2, -0.15) is 0 Å². The van der Waals surface area contributed by atoms with Crippen molar-refractivity contribution in [3.63, 3.8) is 0 Å². The first-order chi connectivity index (χ1) is 13.4. The van der Waals surface area contributed by atoms with E-state index >= 15 is 0 Å². The fraction of sp³-hybridized carbons (Fsp3) is 0.923. The molecule has 2 aliphatic rings. The highest BCUT2D eigenvalue weighted by Gasteiger charge is 2.53. The van der Waals surface area contributed by atoms with Crippen LogP contribution in [0.2, 0.25) is 36.3 Å². The minimum atomic E-state index is -1.73. The first-order valence-electron chi connectivity index (χ1n) is 12.4. The van der Waals surface area contributed by atoms with Crippen molar-refractivity contribution in [2.45, 2.75) is 129 Å². The normalized spacial score (nSPS) is 31.0. The molecule has 0 aliphatic heterocycles. The summed E-state index contributed by atoms with van der Waals surface area (Å²) < 4.78 is 13.5. The lowest BCUT2D eigenvalue weighted by Crippen LogP contribution is -2.50. The Morgan fingerprint density at radius 2 is 1.50 bits per heavy atom. The second-order valence-corrected chi connectivity index (χ2v) is 23.1. The zero-order chi connectivity index (χ0) is 23.2. The molecular formula is C26H52O2Si2. The summed E-state index contributed by atoms with van der Waals surface area (Å²) in [6, 6.07) is 0. The van der Waals surface area contributed by atoms with E-state index in [0.29, 0.717) is 23.4 Å². The van der Waals surface area contributed by atoms with Gasteiger partial charge in [-0.15, -0.1) is 0 Å². The zero-order valence-corrected chi connectivity index (χ0v) is 24.2. The van der Waals surface area contributed by atoms with Gasteiger partial charge in [-0.25, -0.2) is 0 Å². The van der Waals surface area contributed by atoms with Crippen LogP contribution < -0.4 is 0 Å². The Kier molecular flexibility index (Phi) is 7.72. The molecule has 0 spiro atoms. The number of hydrogen-bond acceptors (Lipinski definition) is 2. The minimum Gasteiger partial charge on any atom is -0.417 e. The second kappa shape index (κ2) is 8.80. The zero-order valence-electron chi connectivity index (χ0n) is 22.2. The molecule has 0 saturated heterocycles. The van der Waals surface area contributed by atoms with Crippen LogP contribution >= 0.6 is 0 Å². The Morgan fingerprint density at radius 1 is 0.933 bits per heavy atom. The van der Waals surface area contributed by atoms with Crippen LogP contribution in [0.3, 0.4) is 0 Å². The summed E-state index contributed by atoms with van der Waals surface area (Å²) in [7, 11) is -3.41. The molecule has 2 nitrogen and oxygen atoms in total. The SMILES string of the molecule is C=C(CCO[Si](C)(C)C(C)(C)C)[C@H]1CC[C@H]2[C@@H](O[Si](C)(C)C(C)(C)C)CCC[C@]12C. The van der Waals surface area contributed by atoms with Crippen molar-refractivity contribution in [2.24, 2.45) is 17.3 Å². The van der Waals surface area contributed by atoms with E-state index in [1.54, 1.807) is 0 Å². The van der Waals surface area contributed by atoms with Crippen molar-refractivity contribution in [1.29, 1.82) is 0 Å². The average molecular weight is 453 g/mol. The van der Waals surface area contributed by atoms with Gasteiger partial charge >= 0.3 is 0 Å². The maximum atomic E-state index is 7.00. The van der Waals surface area contributed by atoms with Gasteiger partial charge in [0.2, 0.25) is 0 Å². The molecule has 0 aromatic heterocycles. The van der Waals surface area contributed by atoms with E-state index in [1.807, 2.05) is 0 Å². The molecule has 2 saturated carbocycles. The van der Waals surface area contributed by atoms with Crippen LogP contribution in [0.25, 0.3) is 0 Å². The number of rotatable bonds is 7. The van der Waals surface area contributed by atoms with Gasteiger partial charge in [-0.3, -0.25) is 0 Å². The second-order valence-electron chi connectivity index (χ2n) is 13.6. The van der Waals surface area contributed by atoms with Gasteiger partial charge in [-0.1, -0.05) is 67.0 Å². The third-order valence-electron chi connectivity index (χ3n) is 9.50. The van der Waals surface area contributed by atoms with Crippen molar-refractivity contribution in [1.82, 2.24) is 0 Å². The monoisotopic (exact) mass is 452 g/mol. The molecule has 4 atom stereocenters. The highest BCUT2D eigenvalue weighted by atomic mass is 28.4. The Labute approximate surface area is 190 Å². The molecule has 0 heterocycles. The van der Waals surface area contributed by atoms with Crippen molar-refractivity contribution in [2.75, 3.05) is 6.61 Å². The van der Waals surface area contributed by atoms with E-state index in [4.69, 9.17) is 8.85 Å². The van der Waals surface area contributed by atoms with E-state index in [-0.39, 0.29) is 10.1 Å². The van der Waals surface area contributed by atoms with Crippen molar-refractivity contribution in [3.8, 4) is 0 Å². The Bertz CT molecular complexity index is 612. The van der Waals surface area contributed by atoms with E-state index in [9.17, 15) is 0 Å². The first kappa shape index (κ1) is 26.3. The summed E-state index contributed by atoms with van der Waals surface area (Å²) in [5, 5.41) is 0.556. The van der Waals surface area contributed by atoms with Crippen molar-refractivity contribution < 1.29 is 8.85 Å². The largest absolute Gasteiger partial charge is 0.417 e. The smallest absolute Gasteiger partial charge is 0.192 e. The predicted octanol–water partition coefficient (Wildman–Crippen LogP) is 8.56. The van der Waals surface area contributed by atoms with Gasteiger partial charge in [0.1, 0.15) is 0 Å². The lowest BCUT2D eigenvalue weighted by molar-refractivity contribution is -0.00403. The van der Waals surface area contributed by atoms with Crippen molar-refractivity contribution in [3.05, 3.63) is 12.2 Å².